The summed E-state index contributed by atoms with van der Waals surface area (Å²) in [6, 6.07) is 7.19. The van der Waals surface area contributed by atoms with Gasteiger partial charge in [-0.3, -0.25) is 4.79 Å². The summed E-state index contributed by atoms with van der Waals surface area (Å²) in [5.74, 6) is 0.455. The molecule has 1 rings (SSSR count). The molecule has 3 heteroatoms. The van der Waals surface area contributed by atoms with Crippen LogP contribution in [0, 0.1) is 0 Å². The summed E-state index contributed by atoms with van der Waals surface area (Å²) in [5.41, 5.74) is 0.897. The Balaban J connectivity index is 2.63. The van der Waals surface area contributed by atoms with Gasteiger partial charge in [0.05, 0.1) is 19.8 Å². The minimum Gasteiger partial charge on any atom is -0.469 e. The first-order valence-corrected chi connectivity index (χ1v) is 4.19. The molecule has 0 aliphatic rings. The Morgan fingerprint density at radius 1 is 1.43 bits per heavy atom. The normalized spacial score (nSPS) is 9.21. The predicted molar refractivity (Wildman–Crippen MR) is 53.0 cm³/mol. The number of esters is 1. The molecule has 0 N–H and O–H groups in total. The lowest BCUT2D eigenvalue weighted by Gasteiger charge is -2.02. The maximum absolute atomic E-state index is 10.9. The molecule has 14 heavy (non-hydrogen) atoms. The van der Waals surface area contributed by atoms with E-state index in [1.54, 1.807) is 12.1 Å². The number of methoxy groups -OCH3 is 1. The lowest BCUT2D eigenvalue weighted by molar-refractivity contribution is -0.139. The van der Waals surface area contributed by atoms with E-state index in [2.05, 4.69) is 11.3 Å². The molecule has 74 valence electrons. The minimum absolute atomic E-state index is 0.248. The Labute approximate surface area is 83.0 Å². The number of benzene rings is 1. The zero-order chi connectivity index (χ0) is 10.4. The zero-order valence-corrected chi connectivity index (χ0v) is 8.03. The SMILES string of the molecule is C=COc1ccc(CC(=O)OC)cc1. The van der Waals surface area contributed by atoms with Crippen molar-refractivity contribution in [2.45, 2.75) is 6.42 Å². The standard InChI is InChI=1S/C11H12O3/c1-3-14-10-6-4-9(5-7-10)8-11(12)13-2/h3-7H,1,8H2,2H3. The van der Waals surface area contributed by atoms with Crippen molar-refractivity contribution in [1.82, 2.24) is 0 Å². The van der Waals surface area contributed by atoms with Gasteiger partial charge in [0, 0.05) is 0 Å². The highest BCUT2D eigenvalue weighted by molar-refractivity contribution is 5.72. The van der Waals surface area contributed by atoms with Crippen LogP contribution in [0.4, 0.5) is 0 Å². The van der Waals surface area contributed by atoms with Crippen molar-refractivity contribution in [2.24, 2.45) is 0 Å². The molecule has 0 aliphatic heterocycles. The van der Waals surface area contributed by atoms with Gasteiger partial charge in [0.25, 0.3) is 0 Å². The maximum atomic E-state index is 10.9. The van der Waals surface area contributed by atoms with Crippen molar-refractivity contribution in [1.29, 1.82) is 0 Å². The molecule has 0 saturated carbocycles. The average molecular weight is 192 g/mol. The number of rotatable bonds is 4. The molecule has 0 radical (unpaired) electrons. The van der Waals surface area contributed by atoms with Crippen molar-refractivity contribution >= 4 is 5.97 Å². The van der Waals surface area contributed by atoms with Gasteiger partial charge >= 0.3 is 5.97 Å². The highest BCUT2D eigenvalue weighted by Gasteiger charge is 2.02. The van der Waals surface area contributed by atoms with Crippen molar-refractivity contribution in [3.63, 3.8) is 0 Å². The summed E-state index contributed by atoms with van der Waals surface area (Å²) in [4.78, 5) is 10.9. The van der Waals surface area contributed by atoms with E-state index in [1.165, 1.54) is 13.4 Å². The van der Waals surface area contributed by atoms with Crippen molar-refractivity contribution < 1.29 is 14.3 Å². The molecule has 0 fully saturated rings. The Kier molecular flexibility index (Phi) is 3.73. The van der Waals surface area contributed by atoms with Gasteiger partial charge in [-0.05, 0) is 17.7 Å². The fraction of sp³-hybridized carbons (Fsp3) is 0.182. The molecule has 3 nitrogen and oxygen atoms in total. The highest BCUT2D eigenvalue weighted by atomic mass is 16.5. The second-order valence-corrected chi connectivity index (χ2v) is 2.68. The van der Waals surface area contributed by atoms with Crippen LogP contribution in [0.2, 0.25) is 0 Å². The molecule has 0 amide bonds. The van der Waals surface area contributed by atoms with Crippen LogP contribution in [-0.4, -0.2) is 13.1 Å². The van der Waals surface area contributed by atoms with Crippen molar-refractivity contribution in [3.05, 3.63) is 42.7 Å². The maximum Gasteiger partial charge on any atom is 0.309 e. The first-order valence-electron chi connectivity index (χ1n) is 4.19. The molecule has 1 aromatic rings. The summed E-state index contributed by atoms with van der Waals surface area (Å²) in [7, 11) is 1.37. The fourth-order valence-corrected chi connectivity index (χ4v) is 1.02. The van der Waals surface area contributed by atoms with Gasteiger partial charge in [-0.2, -0.15) is 0 Å². The van der Waals surface area contributed by atoms with Gasteiger partial charge in [-0.25, -0.2) is 0 Å². The summed E-state index contributed by atoms with van der Waals surface area (Å²) in [6.07, 6.45) is 1.64. The van der Waals surface area contributed by atoms with Gasteiger partial charge < -0.3 is 9.47 Å². The molecular weight excluding hydrogens is 180 g/mol. The number of carbonyl (C=O) groups excluding carboxylic acids is 1. The Bertz CT molecular complexity index is 314. The van der Waals surface area contributed by atoms with Crippen LogP contribution in [0.5, 0.6) is 5.75 Å². The van der Waals surface area contributed by atoms with E-state index >= 15 is 0 Å². The summed E-state index contributed by atoms with van der Waals surface area (Å²) >= 11 is 0. The quantitative estimate of drug-likeness (QED) is 0.540. The number of carbonyl (C=O) groups is 1. The molecular formula is C11H12O3. The van der Waals surface area contributed by atoms with Crippen molar-refractivity contribution in [3.8, 4) is 5.75 Å². The molecule has 0 heterocycles. The third kappa shape index (κ3) is 2.94. The second-order valence-electron chi connectivity index (χ2n) is 2.68. The zero-order valence-electron chi connectivity index (χ0n) is 8.03. The van der Waals surface area contributed by atoms with E-state index in [0.717, 1.165) is 5.56 Å². The molecule has 0 saturated heterocycles. The Hall–Kier alpha value is -1.77. The third-order valence-electron chi connectivity index (χ3n) is 1.72. The van der Waals surface area contributed by atoms with Gasteiger partial charge in [0.1, 0.15) is 5.75 Å². The fourth-order valence-electron chi connectivity index (χ4n) is 1.02. The van der Waals surface area contributed by atoms with Crippen molar-refractivity contribution in [2.75, 3.05) is 7.11 Å². The monoisotopic (exact) mass is 192 g/mol. The predicted octanol–water partition coefficient (Wildman–Crippen LogP) is 1.92. The van der Waals surface area contributed by atoms with E-state index in [4.69, 9.17) is 4.74 Å². The molecule has 0 unspecified atom stereocenters. The summed E-state index contributed by atoms with van der Waals surface area (Å²) in [5, 5.41) is 0. The van der Waals surface area contributed by atoms with E-state index in [1.807, 2.05) is 12.1 Å². The summed E-state index contributed by atoms with van der Waals surface area (Å²) < 4.78 is 9.59. The number of hydrogen-bond acceptors (Lipinski definition) is 3. The molecule has 0 aliphatic carbocycles. The highest BCUT2D eigenvalue weighted by Crippen LogP contribution is 2.12. The van der Waals surface area contributed by atoms with Crippen LogP contribution in [0.15, 0.2) is 37.1 Å². The number of hydrogen-bond donors (Lipinski definition) is 0. The first kappa shape index (κ1) is 10.3. The van der Waals surface area contributed by atoms with E-state index < -0.39 is 0 Å². The molecule has 0 bridgehead atoms. The lowest BCUT2D eigenvalue weighted by atomic mass is 10.1. The van der Waals surface area contributed by atoms with Gasteiger partial charge in [-0.15, -0.1) is 0 Å². The van der Waals surface area contributed by atoms with Crippen LogP contribution >= 0.6 is 0 Å². The van der Waals surface area contributed by atoms with Gasteiger partial charge in [0.15, 0.2) is 0 Å². The Morgan fingerprint density at radius 2 is 2.07 bits per heavy atom. The largest absolute Gasteiger partial charge is 0.469 e. The van der Waals surface area contributed by atoms with Gasteiger partial charge in [-0.1, -0.05) is 18.7 Å². The van der Waals surface area contributed by atoms with Crippen LogP contribution in [0.25, 0.3) is 0 Å². The second kappa shape index (κ2) is 5.07. The van der Waals surface area contributed by atoms with Crippen LogP contribution in [0.3, 0.4) is 0 Å². The third-order valence-corrected chi connectivity index (χ3v) is 1.72. The van der Waals surface area contributed by atoms with E-state index in [0.29, 0.717) is 5.75 Å². The smallest absolute Gasteiger partial charge is 0.309 e. The molecule has 1 aromatic carbocycles. The lowest BCUT2D eigenvalue weighted by Crippen LogP contribution is -2.03. The molecule has 0 spiro atoms. The summed E-state index contributed by atoms with van der Waals surface area (Å²) in [6.45, 7) is 3.44. The van der Waals surface area contributed by atoms with Crippen LogP contribution in [-0.2, 0) is 16.0 Å². The topological polar surface area (TPSA) is 35.5 Å². The first-order chi connectivity index (χ1) is 6.76. The Morgan fingerprint density at radius 3 is 2.57 bits per heavy atom. The van der Waals surface area contributed by atoms with E-state index in [9.17, 15) is 4.79 Å². The van der Waals surface area contributed by atoms with Gasteiger partial charge in [0.2, 0.25) is 0 Å². The van der Waals surface area contributed by atoms with E-state index in [-0.39, 0.29) is 12.4 Å². The average Bonchev–Trinajstić information content (AvgIpc) is 2.21. The number of ether oxygens (including phenoxy) is 2. The van der Waals surface area contributed by atoms with Crippen LogP contribution < -0.4 is 4.74 Å². The minimum atomic E-state index is -0.248. The van der Waals surface area contributed by atoms with Crippen LogP contribution in [0.1, 0.15) is 5.56 Å². The molecule has 0 atom stereocenters. The molecule has 0 aromatic heterocycles.